The summed E-state index contributed by atoms with van der Waals surface area (Å²) in [5.41, 5.74) is 4.01. The molecule has 120 valence electrons. The van der Waals surface area contributed by atoms with Gasteiger partial charge in [-0.1, -0.05) is 67.5 Å². The molecule has 0 amide bonds. The van der Waals surface area contributed by atoms with Gasteiger partial charge < -0.3 is 4.57 Å². The Morgan fingerprint density at radius 1 is 0.810 bits per heavy atom. The Labute approximate surface area is 131 Å². The van der Waals surface area contributed by atoms with Crippen LogP contribution in [-0.2, 0) is 4.57 Å². The molecule has 0 spiro atoms. The maximum atomic E-state index is 13.5. The largest absolute Gasteiger partial charge is 0.319 e. The maximum absolute atomic E-state index is 13.5. The molecular weight excluding hydrogens is 275 g/mol. The van der Waals surface area contributed by atoms with Crippen LogP contribution in [0.5, 0.6) is 0 Å². The third kappa shape index (κ3) is 3.81. The summed E-state index contributed by atoms with van der Waals surface area (Å²) in [6, 6.07) is 4.63. The van der Waals surface area contributed by atoms with Gasteiger partial charge in [0.2, 0.25) is 0 Å². The molecule has 0 atom stereocenters. The molecular formula is C19H33OP. The summed E-state index contributed by atoms with van der Waals surface area (Å²) in [4.78, 5) is 0. The topological polar surface area (TPSA) is 17.1 Å². The molecule has 0 aliphatic rings. The van der Waals surface area contributed by atoms with Crippen LogP contribution in [-0.4, -0.2) is 12.3 Å². The predicted octanol–water partition coefficient (Wildman–Crippen LogP) is 6.09. The molecule has 0 aliphatic carbocycles. The molecule has 0 heterocycles. The smallest absolute Gasteiger partial charge is 0.115 e. The van der Waals surface area contributed by atoms with Crippen molar-refractivity contribution in [3.8, 4) is 0 Å². The highest BCUT2D eigenvalue weighted by Gasteiger charge is 2.29. The molecule has 2 heteroatoms. The van der Waals surface area contributed by atoms with Crippen LogP contribution in [0.1, 0.15) is 89.8 Å². The number of benzene rings is 1. The lowest BCUT2D eigenvalue weighted by Gasteiger charge is -2.27. The average molecular weight is 308 g/mol. The fraction of sp³-hybridized carbons (Fsp3) is 0.684. The van der Waals surface area contributed by atoms with Crippen molar-refractivity contribution in [2.24, 2.45) is 0 Å². The Kier molecular flexibility index (Phi) is 6.29. The number of hydrogen-bond acceptors (Lipinski definition) is 1. The summed E-state index contributed by atoms with van der Waals surface area (Å²) >= 11 is 0. The van der Waals surface area contributed by atoms with Crippen LogP contribution >= 0.6 is 7.14 Å². The van der Waals surface area contributed by atoms with Gasteiger partial charge in [0, 0.05) is 17.6 Å². The zero-order chi connectivity index (χ0) is 16.4. The minimum atomic E-state index is -2.27. The molecule has 0 saturated heterocycles. The number of hydrogen-bond donors (Lipinski definition) is 0. The standard InChI is InChI=1S/C19H33OP/c1-9-21(20,10-2)19-17(14(5)6)11-16(13(3)4)12-18(19)15(7)8/h11-15H,9-10H2,1-8H3. The molecule has 21 heavy (non-hydrogen) atoms. The third-order valence-electron chi connectivity index (χ3n) is 4.53. The molecule has 1 aromatic rings. The first-order valence-corrected chi connectivity index (χ1v) is 10.5. The lowest BCUT2D eigenvalue weighted by atomic mass is 9.89. The summed E-state index contributed by atoms with van der Waals surface area (Å²) in [6.45, 7) is 17.5. The van der Waals surface area contributed by atoms with E-state index in [4.69, 9.17) is 0 Å². The quantitative estimate of drug-likeness (QED) is 0.582. The molecule has 0 aliphatic heterocycles. The second-order valence-corrected chi connectivity index (χ2v) is 10.5. The van der Waals surface area contributed by atoms with Crippen molar-refractivity contribution >= 4 is 12.4 Å². The third-order valence-corrected chi connectivity index (χ3v) is 7.91. The highest BCUT2D eigenvalue weighted by molar-refractivity contribution is 7.71. The van der Waals surface area contributed by atoms with Crippen molar-refractivity contribution in [2.45, 2.75) is 73.1 Å². The van der Waals surface area contributed by atoms with Crippen molar-refractivity contribution in [3.63, 3.8) is 0 Å². The van der Waals surface area contributed by atoms with E-state index in [1.165, 1.54) is 22.0 Å². The van der Waals surface area contributed by atoms with Gasteiger partial charge in [-0.05, 0) is 34.4 Å². The van der Waals surface area contributed by atoms with E-state index in [0.717, 1.165) is 12.3 Å². The molecule has 1 aromatic carbocycles. The minimum Gasteiger partial charge on any atom is -0.319 e. The second kappa shape index (κ2) is 7.14. The van der Waals surface area contributed by atoms with E-state index in [2.05, 4.69) is 67.5 Å². The van der Waals surface area contributed by atoms with E-state index in [1.54, 1.807) is 0 Å². The van der Waals surface area contributed by atoms with Crippen LogP contribution in [0.2, 0.25) is 0 Å². The van der Waals surface area contributed by atoms with Crippen molar-refractivity contribution < 1.29 is 4.57 Å². The van der Waals surface area contributed by atoms with E-state index in [9.17, 15) is 4.57 Å². The van der Waals surface area contributed by atoms with Gasteiger partial charge in [0.15, 0.2) is 0 Å². The second-order valence-electron chi connectivity index (χ2n) is 7.03. The molecule has 0 fully saturated rings. The molecule has 0 aromatic heterocycles. The summed E-state index contributed by atoms with van der Waals surface area (Å²) in [5, 5.41) is 1.20. The highest BCUT2D eigenvalue weighted by atomic mass is 31.2. The first kappa shape index (κ1) is 18.5. The molecule has 0 bridgehead atoms. The first-order valence-electron chi connectivity index (χ1n) is 8.44. The van der Waals surface area contributed by atoms with Crippen molar-refractivity contribution in [2.75, 3.05) is 12.3 Å². The van der Waals surface area contributed by atoms with Gasteiger partial charge >= 0.3 is 0 Å². The van der Waals surface area contributed by atoms with Crippen molar-refractivity contribution in [1.82, 2.24) is 0 Å². The van der Waals surface area contributed by atoms with Gasteiger partial charge in [-0.15, -0.1) is 0 Å². The molecule has 0 unspecified atom stereocenters. The van der Waals surface area contributed by atoms with Crippen molar-refractivity contribution in [3.05, 3.63) is 28.8 Å². The fourth-order valence-electron chi connectivity index (χ4n) is 2.93. The average Bonchev–Trinajstić information content (AvgIpc) is 2.44. The summed E-state index contributed by atoms with van der Waals surface area (Å²) < 4.78 is 13.5. The molecule has 0 N–H and O–H groups in total. The zero-order valence-corrected chi connectivity index (χ0v) is 16.1. The predicted molar refractivity (Wildman–Crippen MR) is 97.0 cm³/mol. The maximum Gasteiger partial charge on any atom is 0.115 e. The van der Waals surface area contributed by atoms with Gasteiger partial charge in [-0.2, -0.15) is 0 Å². The first-order chi connectivity index (χ1) is 9.67. The summed E-state index contributed by atoms with van der Waals surface area (Å²) in [6.07, 6.45) is 1.54. The van der Waals surface area contributed by atoms with Gasteiger partial charge in [0.25, 0.3) is 0 Å². The minimum absolute atomic E-state index is 0.419. The van der Waals surface area contributed by atoms with Crippen molar-refractivity contribution in [1.29, 1.82) is 0 Å². The lowest BCUT2D eigenvalue weighted by Crippen LogP contribution is -2.22. The van der Waals surface area contributed by atoms with E-state index in [1.807, 2.05) is 0 Å². The summed E-state index contributed by atoms with van der Waals surface area (Å²) in [7, 11) is -2.27. The molecule has 0 saturated carbocycles. The lowest BCUT2D eigenvalue weighted by molar-refractivity contribution is 0.581. The normalized spacial score (nSPS) is 12.7. The monoisotopic (exact) mass is 308 g/mol. The molecule has 0 radical (unpaired) electrons. The van der Waals surface area contributed by atoms with Crippen LogP contribution in [0.3, 0.4) is 0 Å². The number of rotatable bonds is 6. The van der Waals surface area contributed by atoms with E-state index in [-0.39, 0.29) is 0 Å². The highest BCUT2D eigenvalue weighted by Crippen LogP contribution is 2.48. The molecule has 1 nitrogen and oxygen atoms in total. The van der Waals surface area contributed by atoms with Crippen LogP contribution in [0.25, 0.3) is 0 Å². The van der Waals surface area contributed by atoms with E-state index < -0.39 is 7.14 Å². The van der Waals surface area contributed by atoms with E-state index in [0.29, 0.717) is 17.8 Å². The van der Waals surface area contributed by atoms with Crippen LogP contribution in [0, 0.1) is 0 Å². The van der Waals surface area contributed by atoms with Crippen LogP contribution in [0.4, 0.5) is 0 Å². The Balaban J connectivity index is 3.78. The van der Waals surface area contributed by atoms with Gasteiger partial charge in [-0.3, -0.25) is 0 Å². The van der Waals surface area contributed by atoms with Gasteiger partial charge in [0.1, 0.15) is 7.14 Å². The Morgan fingerprint density at radius 3 is 1.43 bits per heavy atom. The molecule has 1 rings (SSSR count). The SMILES string of the molecule is CCP(=O)(CC)c1c(C(C)C)cc(C(C)C)cc1C(C)C. The fourth-order valence-corrected chi connectivity index (χ4v) is 5.59. The Hall–Kier alpha value is -0.550. The van der Waals surface area contributed by atoms with Gasteiger partial charge in [0.05, 0.1) is 0 Å². The summed E-state index contributed by atoms with van der Waals surface area (Å²) in [5.74, 6) is 1.35. The Bertz CT molecular complexity index is 489. The zero-order valence-electron chi connectivity index (χ0n) is 15.2. The van der Waals surface area contributed by atoms with Crippen LogP contribution < -0.4 is 5.30 Å². The van der Waals surface area contributed by atoms with Gasteiger partial charge in [-0.25, -0.2) is 0 Å². The Morgan fingerprint density at radius 2 is 1.19 bits per heavy atom. The van der Waals surface area contributed by atoms with Crippen LogP contribution in [0.15, 0.2) is 12.1 Å². The van der Waals surface area contributed by atoms with E-state index >= 15 is 0 Å².